The SMILES string of the molecule is COc1ccc(OC)c(C2CN(C(=O)C3CC3)CC2C(=O)NCc2ccccc2)c1. The van der Waals surface area contributed by atoms with E-state index in [0.29, 0.717) is 31.1 Å². The third-order valence-corrected chi connectivity index (χ3v) is 6.04. The number of nitrogens with zero attached hydrogens (tertiary/aromatic N) is 1. The molecule has 1 N–H and O–H groups in total. The van der Waals surface area contributed by atoms with Gasteiger partial charge in [-0.3, -0.25) is 9.59 Å². The molecule has 4 rings (SSSR count). The maximum atomic E-state index is 13.2. The Bertz CT molecular complexity index is 911. The van der Waals surface area contributed by atoms with Gasteiger partial charge in [0, 0.05) is 37.0 Å². The Labute approximate surface area is 177 Å². The van der Waals surface area contributed by atoms with Crippen LogP contribution in [0.1, 0.15) is 29.9 Å². The summed E-state index contributed by atoms with van der Waals surface area (Å²) in [5.41, 5.74) is 1.95. The Morgan fingerprint density at radius 2 is 1.80 bits per heavy atom. The number of nitrogens with one attached hydrogen (secondary N) is 1. The van der Waals surface area contributed by atoms with Crippen molar-refractivity contribution in [3.8, 4) is 11.5 Å². The van der Waals surface area contributed by atoms with Crippen LogP contribution in [0.4, 0.5) is 0 Å². The molecule has 2 atom stereocenters. The smallest absolute Gasteiger partial charge is 0.225 e. The van der Waals surface area contributed by atoms with Gasteiger partial charge in [-0.05, 0) is 36.6 Å². The van der Waals surface area contributed by atoms with Gasteiger partial charge < -0.3 is 19.7 Å². The highest BCUT2D eigenvalue weighted by Crippen LogP contribution is 2.41. The molecule has 6 nitrogen and oxygen atoms in total. The average Bonchev–Trinajstić information content (AvgIpc) is 3.55. The van der Waals surface area contributed by atoms with Crippen molar-refractivity contribution in [2.45, 2.75) is 25.3 Å². The number of hydrogen-bond acceptors (Lipinski definition) is 4. The summed E-state index contributed by atoms with van der Waals surface area (Å²) in [5.74, 6) is 1.19. The minimum absolute atomic E-state index is 0.0418. The number of carbonyl (C=O) groups excluding carboxylic acids is 2. The van der Waals surface area contributed by atoms with Gasteiger partial charge in [-0.2, -0.15) is 0 Å². The third kappa shape index (κ3) is 4.27. The minimum Gasteiger partial charge on any atom is -0.497 e. The van der Waals surface area contributed by atoms with Crippen LogP contribution in [0.25, 0.3) is 0 Å². The van der Waals surface area contributed by atoms with Crippen molar-refractivity contribution in [3.63, 3.8) is 0 Å². The molecular weight excluding hydrogens is 380 g/mol. The van der Waals surface area contributed by atoms with Crippen LogP contribution in [-0.2, 0) is 16.1 Å². The van der Waals surface area contributed by atoms with Gasteiger partial charge in [-0.15, -0.1) is 0 Å². The molecule has 2 aromatic carbocycles. The summed E-state index contributed by atoms with van der Waals surface area (Å²) < 4.78 is 11.0. The first kappa shape index (κ1) is 20.3. The maximum Gasteiger partial charge on any atom is 0.225 e. The molecule has 158 valence electrons. The first-order valence-electron chi connectivity index (χ1n) is 10.4. The quantitative estimate of drug-likeness (QED) is 0.765. The first-order valence-corrected chi connectivity index (χ1v) is 10.4. The lowest BCUT2D eigenvalue weighted by molar-refractivity contribution is -0.132. The lowest BCUT2D eigenvalue weighted by Gasteiger charge is -2.21. The van der Waals surface area contributed by atoms with Crippen LogP contribution in [0.5, 0.6) is 11.5 Å². The van der Waals surface area contributed by atoms with Crippen LogP contribution >= 0.6 is 0 Å². The number of benzene rings is 2. The summed E-state index contributed by atoms with van der Waals surface area (Å²) in [6.07, 6.45) is 1.90. The second kappa shape index (κ2) is 8.78. The topological polar surface area (TPSA) is 67.9 Å². The number of likely N-dealkylation sites (tertiary alicyclic amines) is 1. The van der Waals surface area contributed by atoms with E-state index in [-0.39, 0.29) is 29.6 Å². The summed E-state index contributed by atoms with van der Waals surface area (Å²) >= 11 is 0. The van der Waals surface area contributed by atoms with Crippen molar-refractivity contribution >= 4 is 11.8 Å². The predicted molar refractivity (Wildman–Crippen MR) is 113 cm³/mol. The molecule has 2 amide bonds. The van der Waals surface area contributed by atoms with Gasteiger partial charge in [0.15, 0.2) is 0 Å². The molecule has 2 fully saturated rings. The van der Waals surface area contributed by atoms with Gasteiger partial charge in [-0.1, -0.05) is 30.3 Å². The van der Waals surface area contributed by atoms with Gasteiger partial charge in [0.1, 0.15) is 11.5 Å². The van der Waals surface area contributed by atoms with Crippen LogP contribution < -0.4 is 14.8 Å². The number of amides is 2. The summed E-state index contributed by atoms with van der Waals surface area (Å²) in [6.45, 7) is 1.41. The molecular formula is C24H28N2O4. The van der Waals surface area contributed by atoms with E-state index >= 15 is 0 Å². The maximum absolute atomic E-state index is 13.2. The van der Waals surface area contributed by atoms with Crippen molar-refractivity contribution in [1.29, 1.82) is 0 Å². The first-order chi connectivity index (χ1) is 14.6. The minimum atomic E-state index is -0.336. The Balaban J connectivity index is 1.58. The molecule has 2 aromatic rings. The molecule has 1 saturated carbocycles. The van der Waals surface area contributed by atoms with Crippen LogP contribution in [0.3, 0.4) is 0 Å². The second-order valence-corrected chi connectivity index (χ2v) is 8.04. The van der Waals surface area contributed by atoms with Gasteiger partial charge >= 0.3 is 0 Å². The zero-order chi connectivity index (χ0) is 21.1. The second-order valence-electron chi connectivity index (χ2n) is 8.04. The van der Waals surface area contributed by atoms with E-state index in [4.69, 9.17) is 9.47 Å². The van der Waals surface area contributed by atoms with Crippen molar-refractivity contribution in [2.24, 2.45) is 11.8 Å². The van der Waals surface area contributed by atoms with E-state index in [1.54, 1.807) is 14.2 Å². The van der Waals surface area contributed by atoms with Crippen LogP contribution in [0.2, 0.25) is 0 Å². The van der Waals surface area contributed by atoms with Crippen LogP contribution in [0.15, 0.2) is 48.5 Å². The largest absolute Gasteiger partial charge is 0.497 e. The monoisotopic (exact) mass is 408 g/mol. The number of methoxy groups -OCH3 is 2. The zero-order valence-electron chi connectivity index (χ0n) is 17.5. The number of hydrogen-bond donors (Lipinski definition) is 1. The fraction of sp³-hybridized carbons (Fsp3) is 0.417. The highest BCUT2D eigenvalue weighted by atomic mass is 16.5. The Morgan fingerprint density at radius 1 is 1.03 bits per heavy atom. The molecule has 1 aliphatic heterocycles. The number of carbonyl (C=O) groups is 2. The predicted octanol–water partition coefficient (Wildman–Crippen LogP) is 2.97. The molecule has 1 aliphatic carbocycles. The zero-order valence-corrected chi connectivity index (χ0v) is 17.5. The number of rotatable bonds is 7. The molecule has 0 bridgehead atoms. The van der Waals surface area contributed by atoms with E-state index in [9.17, 15) is 9.59 Å². The van der Waals surface area contributed by atoms with Gasteiger partial charge in [-0.25, -0.2) is 0 Å². The van der Waals surface area contributed by atoms with Crippen molar-refractivity contribution in [2.75, 3.05) is 27.3 Å². The molecule has 2 aliphatic rings. The Kier molecular flexibility index (Phi) is 5.93. The molecule has 0 radical (unpaired) electrons. The normalized spacial score (nSPS) is 20.7. The summed E-state index contributed by atoms with van der Waals surface area (Å²) in [5, 5.41) is 3.06. The van der Waals surface area contributed by atoms with E-state index in [1.807, 2.05) is 53.4 Å². The molecule has 1 heterocycles. The van der Waals surface area contributed by atoms with E-state index in [1.165, 1.54) is 0 Å². The van der Waals surface area contributed by atoms with Crippen LogP contribution in [0, 0.1) is 11.8 Å². The Morgan fingerprint density at radius 3 is 2.47 bits per heavy atom. The lowest BCUT2D eigenvalue weighted by Crippen LogP contribution is -2.35. The van der Waals surface area contributed by atoms with Crippen molar-refractivity contribution in [1.82, 2.24) is 10.2 Å². The van der Waals surface area contributed by atoms with Crippen LogP contribution in [-0.4, -0.2) is 44.0 Å². The van der Waals surface area contributed by atoms with Gasteiger partial charge in [0.2, 0.25) is 11.8 Å². The highest BCUT2D eigenvalue weighted by molar-refractivity contribution is 5.85. The van der Waals surface area contributed by atoms with E-state index in [0.717, 1.165) is 24.0 Å². The lowest BCUT2D eigenvalue weighted by atomic mass is 9.87. The molecule has 2 unspecified atom stereocenters. The van der Waals surface area contributed by atoms with Gasteiger partial charge in [0.25, 0.3) is 0 Å². The van der Waals surface area contributed by atoms with Gasteiger partial charge in [0.05, 0.1) is 20.1 Å². The molecule has 0 spiro atoms. The third-order valence-electron chi connectivity index (χ3n) is 6.04. The van der Waals surface area contributed by atoms with E-state index in [2.05, 4.69) is 5.32 Å². The molecule has 0 aromatic heterocycles. The summed E-state index contributed by atoms with van der Waals surface area (Å²) in [7, 11) is 3.24. The van der Waals surface area contributed by atoms with Crippen molar-refractivity contribution < 1.29 is 19.1 Å². The molecule has 1 saturated heterocycles. The van der Waals surface area contributed by atoms with Crippen molar-refractivity contribution in [3.05, 3.63) is 59.7 Å². The average molecular weight is 408 g/mol. The Hall–Kier alpha value is -3.02. The summed E-state index contributed by atoms with van der Waals surface area (Å²) in [6, 6.07) is 15.5. The molecule has 6 heteroatoms. The highest BCUT2D eigenvalue weighted by Gasteiger charge is 2.44. The number of ether oxygens (including phenoxy) is 2. The fourth-order valence-electron chi connectivity index (χ4n) is 4.20. The molecule has 30 heavy (non-hydrogen) atoms. The summed E-state index contributed by atoms with van der Waals surface area (Å²) in [4.78, 5) is 27.8. The standard InChI is InChI=1S/C24H28N2O4/c1-29-18-10-11-22(30-2)19(12-18)20-14-26(24(28)17-8-9-17)15-21(20)23(27)25-13-16-6-4-3-5-7-16/h3-7,10-12,17,20-21H,8-9,13-15H2,1-2H3,(H,25,27). The van der Waals surface area contributed by atoms with E-state index < -0.39 is 0 Å². The fourth-order valence-corrected chi connectivity index (χ4v) is 4.20.